The molecule has 1 aliphatic carbocycles. The molecule has 1 fully saturated rings. The van der Waals surface area contributed by atoms with Gasteiger partial charge in [0.2, 0.25) is 5.91 Å². The van der Waals surface area contributed by atoms with E-state index in [1.807, 2.05) is 13.8 Å². The molecule has 3 atom stereocenters. The van der Waals surface area contributed by atoms with Gasteiger partial charge in [-0.2, -0.15) is 0 Å². The van der Waals surface area contributed by atoms with Crippen molar-refractivity contribution in [3.8, 4) is 0 Å². The monoisotopic (exact) mass is 242 g/mol. The summed E-state index contributed by atoms with van der Waals surface area (Å²) in [6, 6.07) is -0.801. The summed E-state index contributed by atoms with van der Waals surface area (Å²) >= 11 is 0. The van der Waals surface area contributed by atoms with Gasteiger partial charge in [0, 0.05) is 6.04 Å². The molecule has 1 rings (SSSR count). The van der Waals surface area contributed by atoms with Crippen molar-refractivity contribution in [2.24, 2.45) is 17.6 Å². The van der Waals surface area contributed by atoms with Gasteiger partial charge in [-0.15, -0.1) is 0 Å². The highest BCUT2D eigenvalue weighted by Gasteiger charge is 2.34. The summed E-state index contributed by atoms with van der Waals surface area (Å²) in [6.45, 7) is 3.90. The predicted octanol–water partition coefficient (Wildman–Crippen LogP) is 0.729. The van der Waals surface area contributed by atoms with Crippen LogP contribution in [0.1, 0.15) is 39.5 Å². The highest BCUT2D eigenvalue weighted by atomic mass is 16.4. The van der Waals surface area contributed by atoms with Gasteiger partial charge in [0.05, 0.1) is 12.5 Å². The molecule has 0 bridgehead atoms. The van der Waals surface area contributed by atoms with Crippen LogP contribution in [0, 0.1) is 11.8 Å². The van der Waals surface area contributed by atoms with Crippen molar-refractivity contribution in [1.82, 2.24) is 5.32 Å². The van der Waals surface area contributed by atoms with E-state index in [1.54, 1.807) is 0 Å². The minimum Gasteiger partial charge on any atom is -0.481 e. The van der Waals surface area contributed by atoms with E-state index in [1.165, 1.54) is 0 Å². The van der Waals surface area contributed by atoms with Gasteiger partial charge in [-0.05, 0) is 24.7 Å². The van der Waals surface area contributed by atoms with Crippen LogP contribution in [0.2, 0.25) is 0 Å². The number of hydrogen-bond acceptors (Lipinski definition) is 3. The fourth-order valence-electron chi connectivity index (χ4n) is 1.81. The first-order valence-electron chi connectivity index (χ1n) is 6.23. The van der Waals surface area contributed by atoms with Crippen molar-refractivity contribution in [1.29, 1.82) is 0 Å². The third-order valence-electron chi connectivity index (χ3n) is 3.47. The average Bonchev–Trinajstić information content (AvgIpc) is 3.09. The summed E-state index contributed by atoms with van der Waals surface area (Å²) in [5.74, 6) is -0.671. The average molecular weight is 242 g/mol. The third-order valence-corrected chi connectivity index (χ3v) is 3.47. The van der Waals surface area contributed by atoms with Crippen LogP contribution >= 0.6 is 0 Å². The van der Waals surface area contributed by atoms with Crippen LogP contribution in [0.15, 0.2) is 0 Å². The number of nitrogens with one attached hydrogen (secondary N) is 1. The van der Waals surface area contributed by atoms with Gasteiger partial charge in [0.1, 0.15) is 0 Å². The highest BCUT2D eigenvalue weighted by molar-refractivity contribution is 5.82. The van der Waals surface area contributed by atoms with Gasteiger partial charge < -0.3 is 16.2 Å². The van der Waals surface area contributed by atoms with Crippen LogP contribution < -0.4 is 11.1 Å². The van der Waals surface area contributed by atoms with Gasteiger partial charge >= 0.3 is 5.97 Å². The zero-order valence-corrected chi connectivity index (χ0v) is 10.5. The van der Waals surface area contributed by atoms with Crippen LogP contribution in [0.25, 0.3) is 0 Å². The summed E-state index contributed by atoms with van der Waals surface area (Å²) in [5.41, 5.74) is 5.81. The molecule has 1 amide bonds. The summed E-state index contributed by atoms with van der Waals surface area (Å²) in [4.78, 5) is 22.5. The van der Waals surface area contributed by atoms with Gasteiger partial charge in [0.15, 0.2) is 0 Å². The number of rotatable bonds is 7. The predicted molar refractivity (Wildman–Crippen MR) is 64.3 cm³/mol. The largest absolute Gasteiger partial charge is 0.481 e. The normalized spacial score (nSPS) is 20.4. The van der Waals surface area contributed by atoms with Crippen molar-refractivity contribution in [3.63, 3.8) is 0 Å². The molecule has 4 N–H and O–H groups in total. The Bertz CT molecular complexity index is 289. The molecule has 0 aromatic rings. The molecule has 1 saturated carbocycles. The third kappa shape index (κ3) is 4.34. The van der Waals surface area contributed by atoms with Gasteiger partial charge in [-0.25, -0.2) is 0 Å². The fraction of sp³-hybridized carbons (Fsp3) is 0.833. The molecular formula is C12H22N2O3. The molecule has 0 aliphatic heterocycles. The minimum absolute atomic E-state index is 0.0103. The van der Waals surface area contributed by atoms with Crippen LogP contribution in [0.4, 0.5) is 0 Å². The van der Waals surface area contributed by atoms with Crippen LogP contribution in [-0.4, -0.2) is 29.1 Å². The zero-order chi connectivity index (χ0) is 13.0. The molecule has 0 aromatic carbocycles. The van der Waals surface area contributed by atoms with E-state index in [0.29, 0.717) is 5.92 Å². The Morgan fingerprint density at radius 2 is 2.06 bits per heavy atom. The topological polar surface area (TPSA) is 92.4 Å². The first kappa shape index (κ1) is 14.0. The van der Waals surface area contributed by atoms with Crippen LogP contribution in [0.5, 0.6) is 0 Å². The molecule has 0 aromatic heterocycles. The Kier molecular flexibility index (Phi) is 4.93. The number of hydrogen-bond donors (Lipinski definition) is 3. The molecule has 0 radical (unpaired) electrons. The lowest BCUT2D eigenvalue weighted by Gasteiger charge is -2.22. The van der Waals surface area contributed by atoms with Gasteiger partial charge in [-0.3, -0.25) is 9.59 Å². The van der Waals surface area contributed by atoms with Crippen molar-refractivity contribution in [2.45, 2.75) is 51.6 Å². The zero-order valence-electron chi connectivity index (χ0n) is 10.5. The van der Waals surface area contributed by atoms with E-state index in [-0.39, 0.29) is 24.3 Å². The second-order valence-electron chi connectivity index (χ2n) is 4.96. The van der Waals surface area contributed by atoms with E-state index >= 15 is 0 Å². The van der Waals surface area contributed by atoms with Crippen LogP contribution in [-0.2, 0) is 9.59 Å². The molecule has 98 valence electrons. The molecule has 17 heavy (non-hydrogen) atoms. The van der Waals surface area contributed by atoms with E-state index in [9.17, 15) is 9.59 Å². The summed E-state index contributed by atoms with van der Waals surface area (Å²) in [5, 5.41) is 11.6. The summed E-state index contributed by atoms with van der Waals surface area (Å²) in [6.07, 6.45) is 2.82. The van der Waals surface area contributed by atoms with Crippen molar-refractivity contribution in [3.05, 3.63) is 0 Å². The molecular weight excluding hydrogens is 220 g/mol. The first-order chi connectivity index (χ1) is 7.95. The van der Waals surface area contributed by atoms with E-state index in [0.717, 1.165) is 19.3 Å². The Labute approximate surface area is 102 Å². The van der Waals surface area contributed by atoms with Gasteiger partial charge in [0.25, 0.3) is 0 Å². The van der Waals surface area contributed by atoms with E-state index in [4.69, 9.17) is 10.8 Å². The quantitative estimate of drug-likeness (QED) is 0.613. The van der Waals surface area contributed by atoms with E-state index < -0.39 is 12.0 Å². The lowest BCUT2D eigenvalue weighted by molar-refractivity contribution is -0.138. The molecule has 0 saturated heterocycles. The molecule has 5 nitrogen and oxygen atoms in total. The van der Waals surface area contributed by atoms with Crippen molar-refractivity contribution < 1.29 is 14.7 Å². The lowest BCUT2D eigenvalue weighted by Crippen LogP contribution is -2.49. The second kappa shape index (κ2) is 6.00. The molecule has 0 spiro atoms. The number of carboxylic acid groups (broad SMARTS) is 1. The molecule has 5 heteroatoms. The number of nitrogens with two attached hydrogens (primary N) is 1. The number of amides is 1. The Hall–Kier alpha value is -1.10. The highest BCUT2D eigenvalue weighted by Crippen LogP contribution is 2.34. The SMILES string of the molecule is CC[C@H](C)[C@H](N)C(=O)NC(CC(=O)O)C1CC1. The maximum absolute atomic E-state index is 11.8. The smallest absolute Gasteiger partial charge is 0.305 e. The lowest BCUT2D eigenvalue weighted by atomic mass is 9.98. The molecule has 1 aliphatic rings. The Balaban J connectivity index is 2.48. The number of carbonyl (C=O) groups excluding carboxylic acids is 1. The molecule has 0 heterocycles. The maximum atomic E-state index is 11.8. The van der Waals surface area contributed by atoms with Crippen LogP contribution in [0.3, 0.4) is 0 Å². The molecule has 1 unspecified atom stereocenters. The number of carbonyl (C=O) groups is 2. The Morgan fingerprint density at radius 3 is 2.47 bits per heavy atom. The number of carboxylic acids is 1. The standard InChI is InChI=1S/C12H22N2O3/c1-3-7(2)11(13)12(17)14-9(6-10(15)16)8-4-5-8/h7-9,11H,3-6,13H2,1-2H3,(H,14,17)(H,15,16)/t7-,9?,11-/m0/s1. The van der Waals surface area contributed by atoms with Gasteiger partial charge in [-0.1, -0.05) is 20.3 Å². The maximum Gasteiger partial charge on any atom is 0.305 e. The summed E-state index contributed by atoms with van der Waals surface area (Å²) in [7, 11) is 0. The van der Waals surface area contributed by atoms with Crippen molar-refractivity contribution in [2.75, 3.05) is 0 Å². The fourth-order valence-corrected chi connectivity index (χ4v) is 1.81. The summed E-state index contributed by atoms with van der Waals surface area (Å²) < 4.78 is 0. The van der Waals surface area contributed by atoms with Crippen molar-refractivity contribution >= 4 is 11.9 Å². The first-order valence-corrected chi connectivity index (χ1v) is 6.23. The minimum atomic E-state index is -0.876. The number of aliphatic carboxylic acids is 1. The second-order valence-corrected chi connectivity index (χ2v) is 4.96. The Morgan fingerprint density at radius 1 is 1.47 bits per heavy atom. The van der Waals surface area contributed by atoms with E-state index in [2.05, 4.69) is 5.32 Å².